The SMILES string of the molecule is NS(=O)(=O)c1ccc(Cc2cn(-c3nc(C(=O)O)cs3)c3cc(CN4CCOCC4)ccc23)cc1. The summed E-state index contributed by atoms with van der Waals surface area (Å²) >= 11 is 1.28. The molecule has 4 aromatic rings. The molecule has 0 radical (unpaired) electrons. The van der Waals surface area contributed by atoms with Gasteiger partial charge in [-0.3, -0.25) is 9.47 Å². The second-order valence-electron chi connectivity index (χ2n) is 8.45. The number of hydrogen-bond acceptors (Lipinski definition) is 7. The van der Waals surface area contributed by atoms with Crippen molar-refractivity contribution < 1.29 is 23.1 Å². The molecule has 35 heavy (non-hydrogen) atoms. The molecular weight excluding hydrogens is 488 g/mol. The van der Waals surface area contributed by atoms with E-state index < -0.39 is 16.0 Å². The highest BCUT2D eigenvalue weighted by molar-refractivity contribution is 7.89. The van der Waals surface area contributed by atoms with Gasteiger partial charge in [-0.05, 0) is 41.3 Å². The standard InChI is InChI=1S/C24H24N4O5S2/c25-35(31,32)19-4-1-16(2-5-19)11-18-14-28(24-26-21(15-34-24)23(29)30)22-12-17(3-6-20(18)22)13-27-7-9-33-10-8-27/h1-6,12,14-15H,7-11,13H2,(H,29,30)(H2,25,31,32). The summed E-state index contributed by atoms with van der Waals surface area (Å²) in [6.45, 7) is 4.02. The summed E-state index contributed by atoms with van der Waals surface area (Å²) in [6, 6.07) is 12.8. The molecule has 0 amide bonds. The summed E-state index contributed by atoms with van der Waals surface area (Å²) in [7, 11) is -3.75. The third-order valence-electron chi connectivity index (χ3n) is 6.03. The Morgan fingerprint density at radius 3 is 2.49 bits per heavy atom. The Bertz CT molecular complexity index is 1490. The van der Waals surface area contributed by atoms with Crippen molar-refractivity contribution in [3.8, 4) is 5.13 Å². The molecule has 11 heteroatoms. The maximum Gasteiger partial charge on any atom is 0.355 e. The van der Waals surface area contributed by atoms with Crippen LogP contribution in [0.25, 0.3) is 16.0 Å². The Hall–Kier alpha value is -3.09. The summed E-state index contributed by atoms with van der Waals surface area (Å²) in [6.07, 6.45) is 2.54. The summed E-state index contributed by atoms with van der Waals surface area (Å²) in [5.74, 6) is -1.06. The van der Waals surface area contributed by atoms with Gasteiger partial charge in [0.2, 0.25) is 10.0 Å². The number of primary sulfonamides is 1. The van der Waals surface area contributed by atoms with E-state index in [0.29, 0.717) is 11.6 Å². The van der Waals surface area contributed by atoms with Gasteiger partial charge in [0, 0.05) is 36.6 Å². The fourth-order valence-corrected chi connectivity index (χ4v) is 5.55. The molecule has 0 bridgehead atoms. The monoisotopic (exact) mass is 512 g/mol. The number of thiazole rings is 1. The number of carbonyl (C=O) groups is 1. The number of rotatable bonds is 7. The summed E-state index contributed by atoms with van der Waals surface area (Å²) in [4.78, 5) is 18.1. The summed E-state index contributed by atoms with van der Waals surface area (Å²) < 4.78 is 30.5. The number of aromatic nitrogens is 2. The highest BCUT2D eigenvalue weighted by Gasteiger charge is 2.17. The van der Waals surface area contributed by atoms with Crippen molar-refractivity contribution in [3.63, 3.8) is 0 Å². The van der Waals surface area contributed by atoms with E-state index >= 15 is 0 Å². The van der Waals surface area contributed by atoms with Gasteiger partial charge in [0.1, 0.15) is 0 Å². The lowest BCUT2D eigenvalue weighted by Gasteiger charge is -2.26. The zero-order valence-corrected chi connectivity index (χ0v) is 20.4. The average Bonchev–Trinajstić information content (AvgIpc) is 3.45. The van der Waals surface area contributed by atoms with Crippen LogP contribution in [0.15, 0.2) is 58.9 Å². The lowest BCUT2D eigenvalue weighted by molar-refractivity contribution is 0.0342. The summed E-state index contributed by atoms with van der Waals surface area (Å²) in [5.41, 5.74) is 4.06. The predicted octanol–water partition coefficient (Wildman–Crippen LogP) is 2.86. The van der Waals surface area contributed by atoms with Gasteiger partial charge in [-0.15, -0.1) is 11.3 Å². The lowest BCUT2D eigenvalue weighted by atomic mass is 10.0. The molecule has 0 unspecified atom stereocenters. The van der Waals surface area contributed by atoms with Crippen LogP contribution in [0.1, 0.15) is 27.2 Å². The Balaban J connectivity index is 1.53. The van der Waals surface area contributed by atoms with Gasteiger partial charge in [0.25, 0.3) is 0 Å². The quantitative estimate of drug-likeness (QED) is 0.390. The smallest absolute Gasteiger partial charge is 0.355 e. The molecule has 0 atom stereocenters. The molecule has 2 aromatic heterocycles. The van der Waals surface area contributed by atoms with Gasteiger partial charge in [-0.2, -0.15) is 0 Å². The van der Waals surface area contributed by atoms with E-state index in [1.807, 2.05) is 10.8 Å². The molecule has 2 aromatic carbocycles. The van der Waals surface area contributed by atoms with Gasteiger partial charge in [0.15, 0.2) is 10.8 Å². The lowest BCUT2D eigenvalue weighted by Crippen LogP contribution is -2.35. The zero-order valence-electron chi connectivity index (χ0n) is 18.8. The number of benzene rings is 2. The number of hydrogen-bond donors (Lipinski definition) is 2. The molecule has 3 N–H and O–H groups in total. The first-order chi connectivity index (χ1) is 16.8. The Morgan fingerprint density at radius 2 is 1.83 bits per heavy atom. The van der Waals surface area contributed by atoms with Crippen molar-refractivity contribution in [3.05, 3.63) is 76.4 Å². The molecule has 9 nitrogen and oxygen atoms in total. The molecule has 1 aliphatic heterocycles. The second-order valence-corrected chi connectivity index (χ2v) is 10.8. The predicted molar refractivity (Wildman–Crippen MR) is 133 cm³/mol. The third-order valence-corrected chi connectivity index (χ3v) is 7.80. The van der Waals surface area contributed by atoms with Gasteiger partial charge in [-0.25, -0.2) is 23.3 Å². The number of aromatic carboxylic acids is 1. The first-order valence-corrected chi connectivity index (χ1v) is 13.4. The number of morpholine rings is 1. The molecule has 1 saturated heterocycles. The van der Waals surface area contributed by atoms with Gasteiger partial charge >= 0.3 is 5.97 Å². The number of fused-ring (bicyclic) bond motifs is 1. The molecule has 0 saturated carbocycles. The van der Waals surface area contributed by atoms with Crippen molar-refractivity contribution in [2.24, 2.45) is 5.14 Å². The molecule has 182 valence electrons. The minimum absolute atomic E-state index is 0.0106. The molecular formula is C24H24N4O5S2. The fraction of sp³-hybridized carbons (Fsp3) is 0.250. The van der Waals surface area contributed by atoms with E-state index in [1.165, 1.54) is 28.8 Å². The van der Waals surface area contributed by atoms with E-state index in [-0.39, 0.29) is 10.6 Å². The van der Waals surface area contributed by atoms with E-state index in [2.05, 4.69) is 28.1 Å². The van der Waals surface area contributed by atoms with Gasteiger partial charge < -0.3 is 9.84 Å². The molecule has 0 aliphatic carbocycles. The van der Waals surface area contributed by atoms with Crippen LogP contribution >= 0.6 is 11.3 Å². The van der Waals surface area contributed by atoms with Crippen LogP contribution in [0.4, 0.5) is 0 Å². The van der Waals surface area contributed by atoms with E-state index in [0.717, 1.165) is 60.4 Å². The van der Waals surface area contributed by atoms with Crippen molar-refractivity contribution in [2.45, 2.75) is 17.9 Å². The highest BCUT2D eigenvalue weighted by Crippen LogP contribution is 2.30. The van der Waals surface area contributed by atoms with Crippen LogP contribution < -0.4 is 5.14 Å². The molecule has 1 fully saturated rings. The first kappa shape index (κ1) is 23.6. The minimum Gasteiger partial charge on any atom is -0.476 e. The van der Waals surface area contributed by atoms with Crippen LogP contribution in [-0.4, -0.2) is 60.2 Å². The fourth-order valence-electron chi connectivity index (χ4n) is 4.25. The van der Waals surface area contributed by atoms with Crippen molar-refractivity contribution in [1.29, 1.82) is 0 Å². The van der Waals surface area contributed by atoms with Gasteiger partial charge in [-0.1, -0.05) is 24.3 Å². The van der Waals surface area contributed by atoms with Crippen LogP contribution in [0.5, 0.6) is 0 Å². The Labute approximate surface area is 206 Å². The number of ether oxygens (including phenoxy) is 1. The number of carboxylic acids is 1. The minimum atomic E-state index is -3.75. The van der Waals surface area contributed by atoms with E-state index in [9.17, 15) is 18.3 Å². The molecule has 0 spiro atoms. The average molecular weight is 513 g/mol. The summed E-state index contributed by atoms with van der Waals surface area (Å²) in [5, 5.41) is 17.7. The van der Waals surface area contributed by atoms with Gasteiger partial charge in [0.05, 0.1) is 23.6 Å². The number of sulfonamides is 1. The number of nitrogens with two attached hydrogens (primary N) is 1. The van der Waals surface area contributed by atoms with Crippen molar-refractivity contribution in [2.75, 3.05) is 26.3 Å². The molecule has 1 aliphatic rings. The van der Waals surface area contributed by atoms with Crippen LogP contribution in [0.3, 0.4) is 0 Å². The third kappa shape index (κ3) is 5.14. The van der Waals surface area contributed by atoms with Crippen LogP contribution in [0, 0.1) is 0 Å². The maximum atomic E-state index is 11.6. The second kappa shape index (κ2) is 9.51. The topological polar surface area (TPSA) is 128 Å². The molecule has 5 rings (SSSR count). The molecule has 3 heterocycles. The zero-order chi connectivity index (χ0) is 24.6. The van der Waals surface area contributed by atoms with Crippen LogP contribution in [0.2, 0.25) is 0 Å². The normalized spacial score (nSPS) is 15.0. The first-order valence-electron chi connectivity index (χ1n) is 11.0. The van der Waals surface area contributed by atoms with E-state index in [4.69, 9.17) is 9.88 Å². The van der Waals surface area contributed by atoms with Crippen molar-refractivity contribution in [1.82, 2.24) is 14.5 Å². The Kier molecular flexibility index (Phi) is 6.43. The maximum absolute atomic E-state index is 11.6. The largest absolute Gasteiger partial charge is 0.476 e. The van der Waals surface area contributed by atoms with E-state index in [1.54, 1.807) is 12.1 Å². The van der Waals surface area contributed by atoms with Crippen molar-refractivity contribution >= 4 is 38.2 Å². The van der Waals surface area contributed by atoms with Crippen LogP contribution in [-0.2, 0) is 27.7 Å². The Morgan fingerprint density at radius 1 is 1.11 bits per heavy atom. The number of nitrogens with zero attached hydrogens (tertiary/aromatic N) is 3. The highest BCUT2D eigenvalue weighted by atomic mass is 32.2. The number of carboxylic acid groups (broad SMARTS) is 1.